The van der Waals surface area contributed by atoms with Crippen LogP contribution in [-0.4, -0.2) is 14.5 Å². The Morgan fingerprint density at radius 1 is 1.31 bits per heavy atom. The van der Waals surface area contributed by atoms with Gasteiger partial charge in [0.1, 0.15) is 12.7 Å². The zero-order chi connectivity index (χ0) is 9.10. The summed E-state index contributed by atoms with van der Waals surface area (Å²) in [4.78, 5) is 18.9. The van der Waals surface area contributed by atoms with Gasteiger partial charge in [-0.25, -0.2) is 9.78 Å². The van der Waals surface area contributed by atoms with E-state index in [1.54, 1.807) is 10.9 Å². The van der Waals surface area contributed by atoms with Gasteiger partial charge in [0.2, 0.25) is 0 Å². The minimum absolute atomic E-state index is 0.165. The number of rotatable bonds is 1. The molecule has 0 aromatic carbocycles. The molecule has 0 N–H and O–H groups in total. The van der Waals surface area contributed by atoms with Crippen LogP contribution in [0, 0.1) is 0 Å². The predicted octanol–water partition coefficient (Wildman–Crippen LogP) is 1.14. The van der Waals surface area contributed by atoms with Gasteiger partial charge in [-0.2, -0.15) is 4.98 Å². The SMILES string of the molecule is O=c1ncncn1C1CCCCC1. The van der Waals surface area contributed by atoms with Crippen LogP contribution in [0.2, 0.25) is 0 Å². The van der Waals surface area contributed by atoms with E-state index in [4.69, 9.17) is 0 Å². The molecule has 0 unspecified atom stereocenters. The topological polar surface area (TPSA) is 47.8 Å². The molecule has 70 valence electrons. The summed E-state index contributed by atoms with van der Waals surface area (Å²) in [6.45, 7) is 0. The molecule has 0 amide bonds. The Morgan fingerprint density at radius 3 is 2.77 bits per heavy atom. The van der Waals surface area contributed by atoms with Crippen molar-refractivity contribution in [2.45, 2.75) is 38.1 Å². The summed E-state index contributed by atoms with van der Waals surface area (Å²) < 4.78 is 1.67. The molecule has 4 nitrogen and oxygen atoms in total. The fourth-order valence-corrected chi connectivity index (χ4v) is 1.91. The molecular formula is C9H13N3O. The quantitative estimate of drug-likeness (QED) is 0.649. The normalized spacial score (nSPS) is 18.8. The fourth-order valence-electron chi connectivity index (χ4n) is 1.91. The molecule has 0 saturated heterocycles. The van der Waals surface area contributed by atoms with Gasteiger partial charge in [0.15, 0.2) is 0 Å². The van der Waals surface area contributed by atoms with Crippen molar-refractivity contribution in [1.29, 1.82) is 0 Å². The molecule has 1 aromatic heterocycles. The Balaban J connectivity index is 2.24. The predicted molar refractivity (Wildman–Crippen MR) is 48.4 cm³/mol. The lowest BCUT2D eigenvalue weighted by atomic mass is 9.95. The van der Waals surface area contributed by atoms with Crippen molar-refractivity contribution >= 4 is 0 Å². The maximum atomic E-state index is 11.3. The summed E-state index contributed by atoms with van der Waals surface area (Å²) >= 11 is 0. The number of nitrogens with zero attached hydrogens (tertiary/aromatic N) is 3. The lowest BCUT2D eigenvalue weighted by Crippen LogP contribution is -2.28. The first kappa shape index (κ1) is 8.41. The maximum Gasteiger partial charge on any atom is 0.350 e. The lowest BCUT2D eigenvalue weighted by Gasteiger charge is -2.22. The summed E-state index contributed by atoms with van der Waals surface area (Å²) in [5, 5.41) is 0. The zero-order valence-corrected chi connectivity index (χ0v) is 7.52. The minimum Gasteiger partial charge on any atom is -0.280 e. The zero-order valence-electron chi connectivity index (χ0n) is 7.52. The average Bonchev–Trinajstić information content (AvgIpc) is 2.20. The molecule has 0 bridgehead atoms. The summed E-state index contributed by atoms with van der Waals surface area (Å²) in [6.07, 6.45) is 8.81. The van der Waals surface area contributed by atoms with Crippen LogP contribution in [0.25, 0.3) is 0 Å². The highest BCUT2D eigenvalue weighted by Crippen LogP contribution is 2.26. The van der Waals surface area contributed by atoms with E-state index in [0.29, 0.717) is 6.04 Å². The maximum absolute atomic E-state index is 11.3. The van der Waals surface area contributed by atoms with Crippen molar-refractivity contribution in [1.82, 2.24) is 14.5 Å². The van der Waals surface area contributed by atoms with Crippen LogP contribution in [-0.2, 0) is 0 Å². The van der Waals surface area contributed by atoms with Crippen LogP contribution in [0.3, 0.4) is 0 Å². The van der Waals surface area contributed by atoms with E-state index in [9.17, 15) is 4.79 Å². The Kier molecular flexibility index (Phi) is 2.38. The summed E-state index contributed by atoms with van der Waals surface area (Å²) in [5.41, 5.74) is -0.165. The molecule has 1 heterocycles. The molecule has 0 aliphatic heterocycles. The highest BCUT2D eigenvalue weighted by molar-refractivity contribution is 4.77. The summed E-state index contributed by atoms with van der Waals surface area (Å²) in [6, 6.07) is 0.336. The molecule has 1 aromatic rings. The third kappa shape index (κ3) is 1.76. The Bertz CT molecular complexity index is 328. The van der Waals surface area contributed by atoms with Crippen LogP contribution in [0.15, 0.2) is 17.4 Å². The van der Waals surface area contributed by atoms with Crippen molar-refractivity contribution in [2.24, 2.45) is 0 Å². The molecular weight excluding hydrogens is 166 g/mol. The first-order valence-corrected chi connectivity index (χ1v) is 4.76. The fraction of sp³-hybridized carbons (Fsp3) is 0.667. The van der Waals surface area contributed by atoms with Crippen molar-refractivity contribution in [3.8, 4) is 0 Å². The number of hydrogen-bond acceptors (Lipinski definition) is 3. The molecule has 1 aliphatic carbocycles. The van der Waals surface area contributed by atoms with E-state index >= 15 is 0 Å². The molecule has 1 saturated carbocycles. The summed E-state index contributed by atoms with van der Waals surface area (Å²) in [7, 11) is 0. The molecule has 1 fully saturated rings. The van der Waals surface area contributed by atoms with Crippen molar-refractivity contribution < 1.29 is 0 Å². The summed E-state index contributed by atoms with van der Waals surface area (Å²) in [5.74, 6) is 0. The van der Waals surface area contributed by atoms with Gasteiger partial charge in [-0.3, -0.25) is 4.57 Å². The van der Waals surface area contributed by atoms with Crippen molar-refractivity contribution in [3.05, 3.63) is 23.1 Å². The van der Waals surface area contributed by atoms with E-state index in [2.05, 4.69) is 9.97 Å². The van der Waals surface area contributed by atoms with Crippen LogP contribution in [0.4, 0.5) is 0 Å². The van der Waals surface area contributed by atoms with Gasteiger partial charge in [0, 0.05) is 6.04 Å². The highest BCUT2D eigenvalue weighted by Gasteiger charge is 2.15. The molecule has 0 radical (unpaired) electrons. The Labute approximate surface area is 76.6 Å². The van der Waals surface area contributed by atoms with Crippen molar-refractivity contribution in [2.75, 3.05) is 0 Å². The van der Waals surface area contributed by atoms with E-state index in [1.807, 2.05) is 0 Å². The first-order chi connectivity index (χ1) is 6.38. The molecule has 4 heteroatoms. The van der Waals surface area contributed by atoms with Gasteiger partial charge >= 0.3 is 5.69 Å². The number of hydrogen-bond donors (Lipinski definition) is 0. The third-order valence-electron chi connectivity index (χ3n) is 2.61. The number of aromatic nitrogens is 3. The largest absolute Gasteiger partial charge is 0.350 e. The molecule has 2 rings (SSSR count). The second-order valence-corrected chi connectivity index (χ2v) is 3.49. The molecule has 0 spiro atoms. The highest BCUT2D eigenvalue weighted by atomic mass is 16.1. The second-order valence-electron chi connectivity index (χ2n) is 3.49. The monoisotopic (exact) mass is 179 g/mol. The van der Waals surface area contributed by atoms with E-state index < -0.39 is 0 Å². The average molecular weight is 179 g/mol. The van der Waals surface area contributed by atoms with E-state index in [-0.39, 0.29) is 5.69 Å². The van der Waals surface area contributed by atoms with Gasteiger partial charge in [0.05, 0.1) is 0 Å². The van der Waals surface area contributed by atoms with Crippen LogP contribution < -0.4 is 5.69 Å². The molecule has 1 aliphatic rings. The molecule has 13 heavy (non-hydrogen) atoms. The van der Waals surface area contributed by atoms with Crippen molar-refractivity contribution in [3.63, 3.8) is 0 Å². The lowest BCUT2D eigenvalue weighted by molar-refractivity contribution is 0.339. The Morgan fingerprint density at radius 2 is 2.08 bits per heavy atom. The van der Waals surface area contributed by atoms with Crippen LogP contribution >= 0.6 is 0 Å². The van der Waals surface area contributed by atoms with E-state index in [0.717, 1.165) is 12.8 Å². The standard InChI is InChI=1S/C9H13N3O/c13-9-11-6-10-7-12(9)8-4-2-1-3-5-8/h6-8H,1-5H2. The Hall–Kier alpha value is -1.19. The smallest absolute Gasteiger partial charge is 0.280 e. The van der Waals surface area contributed by atoms with Crippen LogP contribution in [0.5, 0.6) is 0 Å². The third-order valence-corrected chi connectivity index (χ3v) is 2.61. The van der Waals surface area contributed by atoms with Crippen LogP contribution in [0.1, 0.15) is 38.1 Å². The van der Waals surface area contributed by atoms with Gasteiger partial charge < -0.3 is 0 Å². The molecule has 0 atom stereocenters. The first-order valence-electron chi connectivity index (χ1n) is 4.76. The van der Waals surface area contributed by atoms with Gasteiger partial charge in [-0.1, -0.05) is 19.3 Å². The van der Waals surface area contributed by atoms with Gasteiger partial charge in [-0.15, -0.1) is 0 Å². The van der Waals surface area contributed by atoms with E-state index in [1.165, 1.54) is 25.6 Å². The van der Waals surface area contributed by atoms with Gasteiger partial charge in [0.25, 0.3) is 0 Å². The van der Waals surface area contributed by atoms with Gasteiger partial charge in [-0.05, 0) is 12.8 Å². The minimum atomic E-state index is -0.165. The second kappa shape index (κ2) is 3.68.